The highest BCUT2D eigenvalue weighted by Gasteiger charge is 2.31. The van der Waals surface area contributed by atoms with E-state index in [0.29, 0.717) is 25.8 Å². The highest BCUT2D eigenvalue weighted by atomic mass is 19.3. The number of nitrogens with two attached hydrogens (primary N) is 2. The number of nitro groups is 1. The number of hydrogen-bond acceptors (Lipinski definition) is 9. The maximum atomic E-state index is 14.4. The summed E-state index contributed by atoms with van der Waals surface area (Å²) in [6.07, 6.45) is 6.32. The number of non-ortho nitro benzene ring substituents is 1. The first kappa shape index (κ1) is 32.9. The molecule has 2 aromatic carbocycles. The topological polar surface area (TPSA) is 167 Å². The van der Waals surface area contributed by atoms with Gasteiger partial charge in [-0.2, -0.15) is 5.12 Å². The number of carbonyl (C=O) groups excluding carboxylic acids is 2. The summed E-state index contributed by atoms with van der Waals surface area (Å²) in [6.45, 7) is 0.117. The van der Waals surface area contributed by atoms with Crippen LogP contribution in [0.15, 0.2) is 71.9 Å². The molecule has 0 radical (unpaired) electrons. The second-order valence-corrected chi connectivity index (χ2v) is 9.97. The van der Waals surface area contributed by atoms with Crippen molar-refractivity contribution in [1.29, 1.82) is 0 Å². The summed E-state index contributed by atoms with van der Waals surface area (Å²) in [6, 6.07) is 12.4. The molecule has 1 aliphatic rings. The van der Waals surface area contributed by atoms with Crippen LogP contribution in [-0.2, 0) is 15.5 Å². The molecule has 1 amide bonds. The van der Waals surface area contributed by atoms with Crippen LogP contribution in [0.3, 0.4) is 0 Å². The molecule has 1 atom stereocenters. The van der Waals surface area contributed by atoms with Crippen molar-refractivity contribution < 1.29 is 32.8 Å². The molecule has 14 heteroatoms. The van der Waals surface area contributed by atoms with Crippen LogP contribution in [0.5, 0.6) is 5.75 Å². The number of nitrogens with zero attached hydrogens (tertiary/aromatic N) is 4. The monoisotopic (exact) mass is 602 g/mol. The molecule has 43 heavy (non-hydrogen) atoms. The zero-order valence-electron chi connectivity index (χ0n) is 23.6. The van der Waals surface area contributed by atoms with Crippen molar-refractivity contribution in [1.82, 2.24) is 10.0 Å². The standard InChI is InChI=1S/C29H36F2N6O6/c30-29(31,22-9-4-3-5-10-22)19-8-11-23-15-18-27(38)35(23)20-7-2-1-6-12-26(32)34-36(33)21-42-28(39)43-25-16-13-24(14-17-25)37(40)41/h3-5,8-11,13-14,16-17,23H,1-2,6-7,12,15,18-21,33H2,(H2,32,34)/b11-8+. The molecule has 1 aliphatic heterocycles. The van der Waals surface area contributed by atoms with Gasteiger partial charge in [0.15, 0.2) is 6.73 Å². The van der Waals surface area contributed by atoms with E-state index < -0.39 is 30.2 Å². The Morgan fingerprint density at radius 2 is 1.84 bits per heavy atom. The second-order valence-electron chi connectivity index (χ2n) is 9.97. The summed E-state index contributed by atoms with van der Waals surface area (Å²) in [4.78, 5) is 36.0. The summed E-state index contributed by atoms with van der Waals surface area (Å²) in [7, 11) is 0. The first-order valence-electron chi connectivity index (χ1n) is 13.9. The Labute approximate surface area is 248 Å². The second kappa shape index (κ2) is 16.2. The average Bonchev–Trinajstić information content (AvgIpc) is 3.33. The molecule has 0 bridgehead atoms. The molecule has 1 saturated heterocycles. The summed E-state index contributed by atoms with van der Waals surface area (Å²) < 4.78 is 38.6. The largest absolute Gasteiger partial charge is 0.515 e. The Morgan fingerprint density at radius 3 is 2.53 bits per heavy atom. The number of nitro benzene ring substituents is 1. The van der Waals surface area contributed by atoms with E-state index in [0.717, 1.165) is 30.8 Å². The van der Waals surface area contributed by atoms with Gasteiger partial charge in [0.2, 0.25) is 5.91 Å². The number of hydrazone groups is 1. The molecule has 0 aliphatic carbocycles. The van der Waals surface area contributed by atoms with Gasteiger partial charge in [0, 0.05) is 43.5 Å². The summed E-state index contributed by atoms with van der Waals surface area (Å²) in [5.41, 5.74) is 5.72. The lowest BCUT2D eigenvalue weighted by Crippen LogP contribution is -2.33. The van der Waals surface area contributed by atoms with Gasteiger partial charge in [0.05, 0.1) is 11.0 Å². The predicted molar refractivity (Wildman–Crippen MR) is 155 cm³/mol. The van der Waals surface area contributed by atoms with Crippen molar-refractivity contribution in [3.63, 3.8) is 0 Å². The van der Waals surface area contributed by atoms with E-state index in [1.807, 2.05) is 0 Å². The molecule has 232 valence electrons. The normalized spacial score (nSPS) is 15.6. The van der Waals surface area contributed by atoms with E-state index in [9.17, 15) is 28.5 Å². The van der Waals surface area contributed by atoms with E-state index >= 15 is 0 Å². The third kappa shape index (κ3) is 11.0. The molecule has 1 heterocycles. The molecule has 4 N–H and O–H groups in total. The Balaban J connectivity index is 1.30. The molecular formula is C29H36F2N6O6. The van der Waals surface area contributed by atoms with Crippen molar-refractivity contribution in [2.24, 2.45) is 16.7 Å². The van der Waals surface area contributed by atoms with Crippen molar-refractivity contribution in [3.05, 3.63) is 82.4 Å². The number of unbranched alkanes of at least 4 members (excludes halogenated alkanes) is 3. The van der Waals surface area contributed by atoms with Gasteiger partial charge < -0.3 is 20.1 Å². The van der Waals surface area contributed by atoms with Crippen molar-refractivity contribution in [2.75, 3.05) is 13.3 Å². The van der Waals surface area contributed by atoms with Crippen LogP contribution in [0.2, 0.25) is 0 Å². The minimum atomic E-state index is -2.96. The van der Waals surface area contributed by atoms with Crippen LogP contribution >= 0.6 is 0 Å². The first-order valence-corrected chi connectivity index (χ1v) is 13.9. The highest BCUT2D eigenvalue weighted by Crippen LogP contribution is 2.32. The highest BCUT2D eigenvalue weighted by molar-refractivity contribution is 5.80. The Morgan fingerprint density at radius 1 is 1.14 bits per heavy atom. The van der Waals surface area contributed by atoms with Gasteiger partial charge in [-0.15, -0.1) is 5.10 Å². The molecular weight excluding hydrogens is 566 g/mol. The van der Waals surface area contributed by atoms with Gasteiger partial charge in [0.1, 0.15) is 11.6 Å². The lowest BCUT2D eigenvalue weighted by atomic mass is 10.0. The van der Waals surface area contributed by atoms with E-state index in [-0.39, 0.29) is 34.8 Å². The molecule has 0 spiro atoms. The Kier molecular flexibility index (Phi) is 12.4. The number of benzene rings is 2. The quantitative estimate of drug-likeness (QED) is 0.0251. The smallest absolute Gasteiger partial charge is 0.410 e. The lowest BCUT2D eigenvalue weighted by molar-refractivity contribution is -0.384. The number of halogens is 2. The van der Waals surface area contributed by atoms with Crippen LogP contribution in [-0.4, -0.2) is 52.2 Å². The van der Waals surface area contributed by atoms with Crippen LogP contribution in [0, 0.1) is 10.1 Å². The number of ether oxygens (including phenoxy) is 2. The molecule has 0 saturated carbocycles. The third-order valence-corrected chi connectivity index (χ3v) is 6.71. The van der Waals surface area contributed by atoms with E-state index in [2.05, 4.69) is 5.10 Å². The summed E-state index contributed by atoms with van der Waals surface area (Å²) in [5.74, 6) is 3.04. The minimum absolute atomic E-state index is 0.0289. The number of rotatable bonds is 16. The molecule has 1 unspecified atom stereocenters. The van der Waals surface area contributed by atoms with Crippen LogP contribution < -0.4 is 16.3 Å². The number of carbonyl (C=O) groups is 2. The van der Waals surface area contributed by atoms with Crippen LogP contribution in [0.25, 0.3) is 0 Å². The van der Waals surface area contributed by atoms with Gasteiger partial charge in [-0.1, -0.05) is 55.3 Å². The van der Waals surface area contributed by atoms with Crippen molar-refractivity contribution in [3.8, 4) is 5.75 Å². The van der Waals surface area contributed by atoms with Gasteiger partial charge in [-0.25, -0.2) is 19.4 Å². The van der Waals surface area contributed by atoms with Gasteiger partial charge in [-0.05, 0) is 31.4 Å². The van der Waals surface area contributed by atoms with E-state index in [1.54, 1.807) is 29.2 Å². The Bertz CT molecular complexity index is 1280. The average molecular weight is 603 g/mol. The minimum Gasteiger partial charge on any atom is -0.410 e. The maximum absolute atomic E-state index is 14.4. The Hall–Kier alpha value is -4.59. The van der Waals surface area contributed by atoms with Gasteiger partial charge in [0.25, 0.3) is 11.6 Å². The van der Waals surface area contributed by atoms with Crippen molar-refractivity contribution in [2.45, 2.75) is 63.3 Å². The SMILES string of the molecule is N/C(CCCCCCN1C(=O)CCC1/C=C/CC(F)(F)c1ccccc1)=N\N(N)COC(=O)Oc1ccc([N+](=O)[O-])cc1. The van der Waals surface area contributed by atoms with Crippen LogP contribution in [0.1, 0.15) is 56.9 Å². The third-order valence-electron chi connectivity index (χ3n) is 6.71. The van der Waals surface area contributed by atoms with E-state index in [1.165, 1.54) is 42.5 Å². The zero-order valence-corrected chi connectivity index (χ0v) is 23.6. The van der Waals surface area contributed by atoms with Crippen LogP contribution in [0.4, 0.5) is 19.3 Å². The van der Waals surface area contributed by atoms with Gasteiger partial charge in [-0.3, -0.25) is 14.9 Å². The summed E-state index contributed by atoms with van der Waals surface area (Å²) in [5, 5.41) is 15.4. The first-order chi connectivity index (χ1) is 20.5. The molecule has 1 fully saturated rings. The lowest BCUT2D eigenvalue weighted by Gasteiger charge is -2.23. The maximum Gasteiger partial charge on any atom is 0.515 e. The fourth-order valence-electron chi connectivity index (χ4n) is 4.49. The number of amides is 1. The number of hydrogen-bond donors (Lipinski definition) is 2. The fourth-order valence-corrected chi connectivity index (χ4v) is 4.49. The zero-order chi connectivity index (χ0) is 31.2. The molecule has 2 aromatic rings. The number of likely N-dealkylation sites (tertiary alicyclic amines) is 1. The van der Waals surface area contributed by atoms with E-state index in [4.69, 9.17) is 21.1 Å². The number of hydrazine groups is 1. The molecule has 12 nitrogen and oxygen atoms in total. The number of allylic oxidation sites excluding steroid dienone is 1. The van der Waals surface area contributed by atoms with Gasteiger partial charge >= 0.3 is 6.16 Å². The van der Waals surface area contributed by atoms with Crippen molar-refractivity contribution >= 4 is 23.6 Å². The predicted octanol–water partition coefficient (Wildman–Crippen LogP) is 5.20. The number of amidine groups is 1. The fraction of sp³-hybridized carbons (Fsp3) is 0.414. The number of alkyl halides is 2. The molecule has 3 rings (SSSR count). The summed E-state index contributed by atoms with van der Waals surface area (Å²) >= 11 is 0. The molecule has 0 aromatic heterocycles.